The fourth-order valence-corrected chi connectivity index (χ4v) is 5.71. The molecule has 1 saturated carbocycles. The summed E-state index contributed by atoms with van der Waals surface area (Å²) >= 11 is 6.03. The van der Waals surface area contributed by atoms with Crippen molar-refractivity contribution in [2.45, 2.75) is 28.5 Å². The van der Waals surface area contributed by atoms with Crippen molar-refractivity contribution in [2.24, 2.45) is 11.5 Å². The molecule has 0 aliphatic heterocycles. The molecular formula is C17H19ClN2O2S. The van der Waals surface area contributed by atoms with E-state index >= 15 is 0 Å². The third-order valence-corrected chi connectivity index (χ3v) is 7.09. The maximum atomic E-state index is 13.0. The van der Waals surface area contributed by atoms with Crippen molar-refractivity contribution in [3.8, 4) is 0 Å². The topological polar surface area (TPSA) is 86.2 Å². The van der Waals surface area contributed by atoms with E-state index in [2.05, 4.69) is 0 Å². The second kappa shape index (κ2) is 5.60. The summed E-state index contributed by atoms with van der Waals surface area (Å²) in [6, 6.07) is 13.9. The number of halogens is 1. The number of nitrogens with two attached hydrogens (primary N) is 2. The second-order valence-corrected chi connectivity index (χ2v) is 8.63. The van der Waals surface area contributed by atoms with Gasteiger partial charge in [0, 0.05) is 17.5 Å². The summed E-state index contributed by atoms with van der Waals surface area (Å²) in [5.41, 5.74) is 13.0. The molecule has 0 aromatic heterocycles. The van der Waals surface area contributed by atoms with E-state index in [1.807, 2.05) is 13.0 Å². The minimum absolute atomic E-state index is 0.0972. The number of hydrogen-bond acceptors (Lipinski definition) is 4. The molecule has 0 spiro atoms. The van der Waals surface area contributed by atoms with Crippen LogP contribution in [0.2, 0.25) is 5.02 Å². The highest BCUT2D eigenvalue weighted by Gasteiger charge is 2.68. The van der Waals surface area contributed by atoms with Crippen LogP contribution in [-0.4, -0.2) is 25.8 Å². The van der Waals surface area contributed by atoms with Crippen LogP contribution in [0.1, 0.15) is 17.0 Å². The molecule has 2 aromatic rings. The van der Waals surface area contributed by atoms with E-state index in [1.54, 1.807) is 42.5 Å². The molecule has 1 fully saturated rings. The molecule has 4 nitrogen and oxygen atoms in total. The van der Waals surface area contributed by atoms with Crippen molar-refractivity contribution in [3.63, 3.8) is 0 Å². The molecule has 0 radical (unpaired) electrons. The van der Waals surface area contributed by atoms with Crippen LogP contribution >= 0.6 is 11.6 Å². The molecule has 1 aliphatic carbocycles. The van der Waals surface area contributed by atoms with Gasteiger partial charge in [-0.05, 0) is 36.8 Å². The zero-order valence-electron chi connectivity index (χ0n) is 12.7. The molecule has 1 aliphatic rings. The van der Waals surface area contributed by atoms with E-state index in [9.17, 15) is 8.42 Å². The molecule has 0 amide bonds. The van der Waals surface area contributed by atoms with Crippen molar-refractivity contribution in [1.29, 1.82) is 0 Å². The smallest absolute Gasteiger partial charge is 0.183 e. The number of hydrogen-bond donors (Lipinski definition) is 2. The summed E-state index contributed by atoms with van der Waals surface area (Å²) in [5.74, 6) is -0.350. The number of sulfone groups is 1. The Hall–Kier alpha value is -1.40. The van der Waals surface area contributed by atoms with Gasteiger partial charge in [-0.25, -0.2) is 8.42 Å². The predicted octanol–water partition coefficient (Wildman–Crippen LogP) is 2.24. The minimum Gasteiger partial charge on any atom is -0.329 e. The van der Waals surface area contributed by atoms with E-state index < -0.39 is 20.6 Å². The minimum atomic E-state index is -3.56. The van der Waals surface area contributed by atoms with E-state index in [-0.39, 0.29) is 17.4 Å². The quantitative estimate of drug-likeness (QED) is 0.885. The first-order valence-electron chi connectivity index (χ1n) is 7.35. The first-order valence-corrected chi connectivity index (χ1v) is 9.28. The summed E-state index contributed by atoms with van der Waals surface area (Å²) in [6.07, 6.45) is 0. The van der Waals surface area contributed by atoms with Crippen LogP contribution in [0.25, 0.3) is 0 Å². The van der Waals surface area contributed by atoms with Gasteiger partial charge in [0.2, 0.25) is 0 Å². The van der Waals surface area contributed by atoms with E-state index in [0.717, 1.165) is 11.1 Å². The van der Waals surface area contributed by atoms with Gasteiger partial charge < -0.3 is 11.5 Å². The van der Waals surface area contributed by atoms with Gasteiger partial charge in [-0.2, -0.15) is 0 Å². The molecule has 3 unspecified atom stereocenters. The Morgan fingerprint density at radius 3 is 2.39 bits per heavy atom. The van der Waals surface area contributed by atoms with Crippen LogP contribution in [0, 0.1) is 6.92 Å². The predicted molar refractivity (Wildman–Crippen MR) is 92.3 cm³/mol. The average molecular weight is 351 g/mol. The lowest BCUT2D eigenvalue weighted by Gasteiger charge is -2.09. The van der Waals surface area contributed by atoms with Gasteiger partial charge in [0.15, 0.2) is 9.84 Å². The number of aryl methyl sites for hydroxylation is 1. The largest absolute Gasteiger partial charge is 0.329 e. The first-order chi connectivity index (χ1) is 10.8. The Labute approximate surface area is 141 Å². The lowest BCUT2D eigenvalue weighted by Crippen LogP contribution is -2.39. The Kier molecular flexibility index (Phi) is 4.01. The van der Waals surface area contributed by atoms with E-state index in [4.69, 9.17) is 23.1 Å². The van der Waals surface area contributed by atoms with Crippen LogP contribution in [0.4, 0.5) is 0 Å². The molecule has 4 N–H and O–H groups in total. The van der Waals surface area contributed by atoms with Gasteiger partial charge in [0.1, 0.15) is 0 Å². The Bertz CT molecular complexity index is 836. The molecule has 0 saturated heterocycles. The van der Waals surface area contributed by atoms with Gasteiger partial charge in [0.05, 0.1) is 15.7 Å². The lowest BCUT2D eigenvalue weighted by atomic mass is 10.1. The normalized spacial score (nSPS) is 27.0. The van der Waals surface area contributed by atoms with Crippen LogP contribution in [0.5, 0.6) is 0 Å². The molecule has 2 aromatic carbocycles. The summed E-state index contributed by atoms with van der Waals surface area (Å²) < 4.78 is 26.0. The van der Waals surface area contributed by atoms with Crippen LogP contribution in [0.15, 0.2) is 53.4 Å². The SMILES string of the molecule is Cc1ccc(S(=O)(=O)C2C(c3cccc(Cl)c3)C2(N)CN)cc1. The summed E-state index contributed by atoms with van der Waals surface area (Å²) in [7, 11) is -3.56. The monoisotopic (exact) mass is 350 g/mol. The van der Waals surface area contributed by atoms with E-state index in [1.165, 1.54) is 0 Å². The van der Waals surface area contributed by atoms with Crippen molar-refractivity contribution in [3.05, 3.63) is 64.7 Å². The third-order valence-electron chi connectivity index (χ3n) is 4.55. The van der Waals surface area contributed by atoms with Gasteiger partial charge in [-0.3, -0.25) is 0 Å². The molecule has 6 heteroatoms. The second-order valence-electron chi connectivity index (χ2n) is 6.13. The van der Waals surface area contributed by atoms with Gasteiger partial charge in [0.25, 0.3) is 0 Å². The van der Waals surface area contributed by atoms with Crippen LogP contribution in [-0.2, 0) is 9.84 Å². The third kappa shape index (κ3) is 2.68. The van der Waals surface area contributed by atoms with E-state index in [0.29, 0.717) is 5.02 Å². The van der Waals surface area contributed by atoms with Crippen molar-refractivity contribution >= 4 is 21.4 Å². The van der Waals surface area contributed by atoms with Gasteiger partial charge >= 0.3 is 0 Å². The molecule has 0 bridgehead atoms. The fourth-order valence-electron chi connectivity index (χ4n) is 3.19. The maximum absolute atomic E-state index is 13.0. The highest BCUT2D eigenvalue weighted by atomic mass is 35.5. The highest BCUT2D eigenvalue weighted by molar-refractivity contribution is 7.92. The first kappa shape index (κ1) is 16.5. The highest BCUT2D eigenvalue weighted by Crippen LogP contribution is 2.55. The fraction of sp³-hybridized carbons (Fsp3) is 0.294. The van der Waals surface area contributed by atoms with Crippen molar-refractivity contribution in [2.75, 3.05) is 6.54 Å². The zero-order chi connectivity index (χ0) is 16.8. The van der Waals surface area contributed by atoms with Crippen molar-refractivity contribution in [1.82, 2.24) is 0 Å². The Morgan fingerprint density at radius 1 is 1.17 bits per heavy atom. The molecule has 122 valence electrons. The molecule has 3 atom stereocenters. The van der Waals surface area contributed by atoms with Gasteiger partial charge in [-0.15, -0.1) is 0 Å². The zero-order valence-corrected chi connectivity index (χ0v) is 14.3. The molecular weight excluding hydrogens is 332 g/mol. The molecule has 3 rings (SSSR count). The molecule has 23 heavy (non-hydrogen) atoms. The van der Waals surface area contributed by atoms with Crippen LogP contribution < -0.4 is 11.5 Å². The maximum Gasteiger partial charge on any atom is 0.183 e. The number of rotatable bonds is 4. The summed E-state index contributed by atoms with van der Waals surface area (Å²) in [5, 5.41) is -0.179. The summed E-state index contributed by atoms with van der Waals surface area (Å²) in [4.78, 5) is 0.279. The standard InChI is InChI=1S/C17H19ClN2O2S/c1-11-5-7-14(8-6-11)23(21,22)16-15(17(16,20)10-19)12-3-2-4-13(18)9-12/h2-9,15-16H,10,19-20H2,1H3. The van der Waals surface area contributed by atoms with Gasteiger partial charge in [-0.1, -0.05) is 41.4 Å². The van der Waals surface area contributed by atoms with Crippen molar-refractivity contribution < 1.29 is 8.42 Å². The van der Waals surface area contributed by atoms with Crippen LogP contribution in [0.3, 0.4) is 0 Å². The number of benzene rings is 2. The lowest BCUT2D eigenvalue weighted by molar-refractivity contribution is 0.586. The Balaban J connectivity index is 2.03. The average Bonchev–Trinajstić information content (AvgIpc) is 3.15. The molecule has 0 heterocycles. The Morgan fingerprint density at radius 2 is 1.83 bits per heavy atom. The summed E-state index contributed by atoms with van der Waals surface area (Å²) in [6.45, 7) is 2.01.